The third kappa shape index (κ3) is 2.88. The molecule has 5 nitrogen and oxygen atoms in total. The molecule has 0 aliphatic rings. The van der Waals surface area contributed by atoms with Crippen LogP contribution in [0, 0.1) is 0 Å². The molecule has 0 amide bonds. The second-order valence-electron chi connectivity index (χ2n) is 4.18. The van der Waals surface area contributed by atoms with Gasteiger partial charge in [-0.25, -0.2) is 9.48 Å². The van der Waals surface area contributed by atoms with Gasteiger partial charge in [-0.2, -0.15) is 44.6 Å². The molecule has 0 radical (unpaired) electrons. The standard InChI is InChI=1S/C9H4BrF9N2O3/c1-21-4(24-5(22)23)2(10)3(20-21)6(11,12)7(13,14)8(15,16)9(17,18)19/h1H3,(H,22,23). The van der Waals surface area contributed by atoms with Crippen LogP contribution in [0.2, 0.25) is 0 Å². The summed E-state index contributed by atoms with van der Waals surface area (Å²) < 4.78 is 118. The molecule has 1 aromatic rings. The van der Waals surface area contributed by atoms with E-state index in [4.69, 9.17) is 5.11 Å². The Morgan fingerprint density at radius 2 is 1.54 bits per heavy atom. The van der Waals surface area contributed by atoms with Gasteiger partial charge < -0.3 is 9.84 Å². The fourth-order valence-electron chi connectivity index (χ4n) is 1.40. The minimum Gasteiger partial charge on any atom is -0.449 e. The molecule has 1 rings (SSSR count). The molecule has 138 valence electrons. The van der Waals surface area contributed by atoms with E-state index < -0.39 is 46.1 Å². The van der Waals surface area contributed by atoms with Crippen molar-refractivity contribution >= 4 is 22.1 Å². The van der Waals surface area contributed by atoms with E-state index in [1.807, 2.05) is 0 Å². The Morgan fingerprint density at radius 1 is 1.08 bits per heavy atom. The summed E-state index contributed by atoms with van der Waals surface area (Å²) in [6.45, 7) is 0. The van der Waals surface area contributed by atoms with Crippen molar-refractivity contribution < 1.29 is 54.2 Å². The van der Waals surface area contributed by atoms with Crippen molar-refractivity contribution in [3.8, 4) is 5.88 Å². The molecule has 0 atom stereocenters. The first-order valence-electron chi connectivity index (χ1n) is 5.32. The minimum absolute atomic E-state index is 0.128. The number of halogens is 10. The average molecular weight is 439 g/mol. The molecule has 1 N–H and O–H groups in total. The predicted octanol–water partition coefficient (Wildman–Crippen LogP) is 4.16. The molecule has 0 spiro atoms. The second kappa shape index (κ2) is 5.70. The van der Waals surface area contributed by atoms with Crippen LogP contribution in [0.4, 0.5) is 44.3 Å². The molecular formula is C9H4BrF9N2O3. The Bertz CT molecular complexity index is 655. The first-order chi connectivity index (χ1) is 10.5. The Balaban J connectivity index is 3.52. The molecule has 24 heavy (non-hydrogen) atoms. The molecule has 0 bridgehead atoms. The van der Waals surface area contributed by atoms with Crippen molar-refractivity contribution in [2.45, 2.75) is 23.9 Å². The van der Waals surface area contributed by atoms with E-state index in [2.05, 4.69) is 25.8 Å². The number of nitrogens with zero attached hydrogens (tertiary/aromatic N) is 2. The fraction of sp³-hybridized carbons (Fsp3) is 0.556. The Morgan fingerprint density at radius 3 is 1.92 bits per heavy atom. The highest BCUT2D eigenvalue weighted by molar-refractivity contribution is 9.10. The average Bonchev–Trinajstić information content (AvgIpc) is 2.65. The number of hydrogen-bond acceptors (Lipinski definition) is 3. The molecule has 1 heterocycles. The zero-order chi connectivity index (χ0) is 19.3. The van der Waals surface area contributed by atoms with E-state index in [1.54, 1.807) is 0 Å². The Kier molecular flexibility index (Phi) is 4.84. The van der Waals surface area contributed by atoms with Crippen molar-refractivity contribution in [3.63, 3.8) is 0 Å². The second-order valence-corrected chi connectivity index (χ2v) is 4.97. The number of hydrogen-bond donors (Lipinski definition) is 1. The first kappa shape index (κ1) is 20.4. The highest BCUT2D eigenvalue weighted by Gasteiger charge is 2.83. The lowest BCUT2D eigenvalue weighted by Gasteiger charge is -2.32. The van der Waals surface area contributed by atoms with Gasteiger partial charge in [0, 0.05) is 7.05 Å². The van der Waals surface area contributed by atoms with Gasteiger partial charge in [-0.15, -0.1) is 0 Å². The summed E-state index contributed by atoms with van der Waals surface area (Å²) in [4.78, 5) is 10.3. The Hall–Kier alpha value is -1.67. The van der Waals surface area contributed by atoms with Crippen molar-refractivity contribution in [2.24, 2.45) is 7.05 Å². The first-order valence-corrected chi connectivity index (χ1v) is 6.11. The van der Waals surface area contributed by atoms with Crippen LogP contribution in [0.15, 0.2) is 4.47 Å². The van der Waals surface area contributed by atoms with Crippen molar-refractivity contribution in [2.75, 3.05) is 0 Å². The van der Waals surface area contributed by atoms with E-state index in [9.17, 15) is 44.3 Å². The van der Waals surface area contributed by atoms with Crippen LogP contribution >= 0.6 is 15.9 Å². The lowest BCUT2D eigenvalue weighted by molar-refractivity contribution is -0.400. The van der Waals surface area contributed by atoms with Gasteiger partial charge in [0.15, 0.2) is 5.69 Å². The maximum absolute atomic E-state index is 13.7. The van der Waals surface area contributed by atoms with E-state index in [1.165, 1.54) is 0 Å². The summed E-state index contributed by atoms with van der Waals surface area (Å²) in [5.74, 6) is -21.3. The van der Waals surface area contributed by atoms with Gasteiger partial charge >= 0.3 is 30.1 Å². The van der Waals surface area contributed by atoms with E-state index in [0.717, 1.165) is 0 Å². The van der Waals surface area contributed by atoms with Gasteiger partial charge in [-0.3, -0.25) is 0 Å². The number of alkyl halides is 9. The fourth-order valence-corrected chi connectivity index (χ4v) is 2.07. The third-order valence-electron chi connectivity index (χ3n) is 2.57. The van der Waals surface area contributed by atoms with Crippen molar-refractivity contribution in [1.82, 2.24) is 9.78 Å². The SMILES string of the molecule is Cn1nc(C(F)(F)C(F)(F)C(F)(F)C(F)(F)F)c(Br)c1OC(=O)O. The van der Waals surface area contributed by atoms with E-state index in [-0.39, 0.29) is 4.68 Å². The summed E-state index contributed by atoms with van der Waals surface area (Å²) >= 11 is 2.16. The van der Waals surface area contributed by atoms with Crippen LogP contribution in [0.1, 0.15) is 5.69 Å². The normalized spacial score (nSPS) is 14.0. The maximum Gasteiger partial charge on any atom is 0.512 e. The minimum atomic E-state index is -7.10. The number of carboxylic acid groups (broad SMARTS) is 1. The lowest BCUT2D eigenvalue weighted by atomic mass is 10.0. The number of aromatic nitrogens is 2. The van der Waals surface area contributed by atoms with Gasteiger partial charge in [0.25, 0.3) is 0 Å². The van der Waals surface area contributed by atoms with Crippen LogP contribution in [0.25, 0.3) is 0 Å². The summed E-state index contributed by atoms with van der Waals surface area (Å²) in [7, 11) is 0.697. The van der Waals surface area contributed by atoms with Crippen molar-refractivity contribution in [3.05, 3.63) is 10.2 Å². The van der Waals surface area contributed by atoms with Gasteiger partial charge in [0.2, 0.25) is 5.88 Å². The molecule has 0 fully saturated rings. The highest BCUT2D eigenvalue weighted by atomic mass is 79.9. The van der Waals surface area contributed by atoms with Gasteiger partial charge in [0.1, 0.15) is 4.47 Å². The number of ether oxygens (including phenoxy) is 1. The van der Waals surface area contributed by atoms with E-state index >= 15 is 0 Å². The van der Waals surface area contributed by atoms with Gasteiger partial charge in [-0.1, -0.05) is 0 Å². The highest BCUT2D eigenvalue weighted by Crippen LogP contribution is 2.57. The molecule has 1 aromatic heterocycles. The van der Waals surface area contributed by atoms with Crippen molar-refractivity contribution in [1.29, 1.82) is 0 Å². The van der Waals surface area contributed by atoms with Crippen LogP contribution in [0.3, 0.4) is 0 Å². The Labute approximate surface area is 134 Å². The van der Waals surface area contributed by atoms with Gasteiger partial charge in [0.05, 0.1) is 0 Å². The number of carbonyl (C=O) groups is 1. The summed E-state index contributed by atoms with van der Waals surface area (Å²) in [6, 6.07) is 0. The molecule has 0 saturated heterocycles. The molecule has 0 aliphatic heterocycles. The van der Waals surface area contributed by atoms with E-state index in [0.29, 0.717) is 7.05 Å². The molecule has 0 aromatic carbocycles. The zero-order valence-corrected chi connectivity index (χ0v) is 12.5. The molecular weight excluding hydrogens is 435 g/mol. The summed E-state index contributed by atoms with van der Waals surface area (Å²) in [5.41, 5.74) is -2.27. The topological polar surface area (TPSA) is 64.4 Å². The molecule has 15 heteroatoms. The van der Waals surface area contributed by atoms with Crippen LogP contribution in [-0.4, -0.2) is 39.1 Å². The maximum atomic E-state index is 13.7. The molecule has 0 saturated carbocycles. The predicted molar refractivity (Wildman–Crippen MR) is 59.4 cm³/mol. The monoisotopic (exact) mass is 438 g/mol. The zero-order valence-electron chi connectivity index (χ0n) is 10.9. The summed E-state index contributed by atoms with van der Waals surface area (Å²) in [6.07, 6.45) is -9.09. The number of rotatable bonds is 4. The largest absolute Gasteiger partial charge is 0.512 e. The van der Waals surface area contributed by atoms with Gasteiger partial charge in [-0.05, 0) is 15.9 Å². The quantitative estimate of drug-likeness (QED) is 0.566. The van der Waals surface area contributed by atoms with Crippen LogP contribution in [0.5, 0.6) is 5.88 Å². The number of aryl methyl sites for hydroxylation is 1. The van der Waals surface area contributed by atoms with Crippen LogP contribution in [-0.2, 0) is 13.0 Å². The molecule has 0 unspecified atom stereocenters. The lowest BCUT2D eigenvalue weighted by Crippen LogP contribution is -2.59. The third-order valence-corrected chi connectivity index (χ3v) is 3.28. The molecule has 0 aliphatic carbocycles. The van der Waals surface area contributed by atoms with Crippen LogP contribution < -0.4 is 4.74 Å². The smallest absolute Gasteiger partial charge is 0.449 e. The summed E-state index contributed by atoms with van der Waals surface area (Å²) in [5, 5.41) is 11.0.